The summed E-state index contributed by atoms with van der Waals surface area (Å²) in [5.41, 5.74) is 1.07. The largest absolute Gasteiger partial charge is 0.407 e. The molecule has 0 radical (unpaired) electrons. The van der Waals surface area contributed by atoms with Crippen LogP contribution in [0.15, 0.2) is 89.8 Å². The van der Waals surface area contributed by atoms with Gasteiger partial charge in [0.15, 0.2) is 0 Å². The summed E-state index contributed by atoms with van der Waals surface area (Å²) < 4.78 is 36.6. The highest BCUT2D eigenvalue weighted by Gasteiger charge is 2.54. The number of benzene rings is 3. The lowest BCUT2D eigenvalue weighted by molar-refractivity contribution is 0.191. The molecule has 3 aromatic carbocycles. The maximum absolute atomic E-state index is 13.8. The number of fused-ring (bicyclic) bond motifs is 1. The summed E-state index contributed by atoms with van der Waals surface area (Å²) in [6, 6.07) is 28.7. The first kappa shape index (κ1) is 26.4. The molecule has 196 valence electrons. The van der Waals surface area contributed by atoms with Crippen LogP contribution in [-0.4, -0.2) is 39.7 Å². The van der Waals surface area contributed by atoms with Gasteiger partial charge >= 0.3 is 0 Å². The van der Waals surface area contributed by atoms with Crippen LogP contribution in [0.4, 0.5) is 0 Å². The van der Waals surface area contributed by atoms with Crippen molar-refractivity contribution in [3.05, 3.63) is 90.5 Å². The fourth-order valence-corrected chi connectivity index (χ4v) is 12.8. The van der Waals surface area contributed by atoms with Gasteiger partial charge in [0.1, 0.15) is 0 Å². The van der Waals surface area contributed by atoms with Gasteiger partial charge in [0.25, 0.3) is 8.32 Å². The Kier molecular flexibility index (Phi) is 7.22. The SMILES string of the molecule is Cc1ccc(S(=O)(=O)N2[C@H](CCO[Si](c3ccccc3)(c3ccccc3)C(C)(C)C)CC[C@H]3C[C@H]32)cc1. The smallest absolute Gasteiger partial charge is 0.261 e. The summed E-state index contributed by atoms with van der Waals surface area (Å²) in [6.45, 7) is 9.36. The molecule has 0 aromatic heterocycles. The van der Waals surface area contributed by atoms with Gasteiger partial charge in [-0.2, -0.15) is 4.31 Å². The maximum Gasteiger partial charge on any atom is 0.261 e. The van der Waals surface area contributed by atoms with E-state index in [0.717, 1.165) is 24.8 Å². The summed E-state index contributed by atoms with van der Waals surface area (Å²) in [5.74, 6) is 0.508. The lowest BCUT2D eigenvalue weighted by Gasteiger charge is -2.43. The number of rotatable bonds is 8. The van der Waals surface area contributed by atoms with Crippen molar-refractivity contribution in [2.75, 3.05) is 6.61 Å². The van der Waals surface area contributed by atoms with Gasteiger partial charge in [0, 0.05) is 18.7 Å². The normalized spacial score (nSPS) is 22.4. The van der Waals surface area contributed by atoms with Gasteiger partial charge < -0.3 is 4.43 Å². The average Bonchev–Trinajstić information content (AvgIpc) is 3.66. The Morgan fingerprint density at radius 2 is 1.43 bits per heavy atom. The zero-order valence-corrected chi connectivity index (χ0v) is 24.2. The standard InChI is InChI=1S/C31H39NO3SSi/c1-24-15-19-27(20-16-24)36(33,34)32-26(18-17-25-23-30(25)32)21-22-35-37(31(2,3)4,28-11-7-5-8-12-28)29-13-9-6-10-14-29/h5-16,19-20,25-26,30H,17-18,21-23H2,1-4H3/t25-,26-,30+/m0/s1. The molecule has 1 heterocycles. The van der Waals surface area contributed by atoms with Crippen molar-refractivity contribution in [3.63, 3.8) is 0 Å². The van der Waals surface area contributed by atoms with Gasteiger partial charge in [-0.1, -0.05) is 99.1 Å². The molecule has 0 bridgehead atoms. The molecule has 1 saturated heterocycles. The Morgan fingerprint density at radius 1 is 0.865 bits per heavy atom. The van der Waals surface area contributed by atoms with Gasteiger partial charge in [0.05, 0.1) is 4.90 Å². The zero-order chi connectivity index (χ0) is 26.3. The number of nitrogens with zero attached hydrogens (tertiary/aromatic N) is 1. The minimum Gasteiger partial charge on any atom is -0.407 e. The fraction of sp³-hybridized carbons (Fsp3) is 0.419. The van der Waals surface area contributed by atoms with Crippen LogP contribution in [0.5, 0.6) is 0 Å². The third kappa shape index (κ3) is 4.97. The fourth-order valence-electron chi connectivity index (χ4n) is 6.25. The maximum atomic E-state index is 13.8. The molecule has 6 heteroatoms. The zero-order valence-electron chi connectivity index (χ0n) is 22.4. The quantitative estimate of drug-likeness (QED) is 0.359. The van der Waals surface area contributed by atoms with E-state index in [1.54, 1.807) is 12.1 Å². The van der Waals surface area contributed by atoms with Crippen LogP contribution in [0.2, 0.25) is 5.04 Å². The molecule has 37 heavy (non-hydrogen) atoms. The second-order valence-electron chi connectivity index (χ2n) is 11.7. The highest BCUT2D eigenvalue weighted by Crippen LogP contribution is 2.48. The van der Waals surface area contributed by atoms with Crippen LogP contribution in [-0.2, 0) is 14.4 Å². The molecule has 2 aliphatic rings. The molecule has 1 aliphatic heterocycles. The minimum absolute atomic E-state index is 0.0340. The Bertz CT molecular complexity index is 1260. The first-order valence-electron chi connectivity index (χ1n) is 13.5. The van der Waals surface area contributed by atoms with Gasteiger partial charge in [-0.05, 0) is 66.1 Å². The number of hydrogen-bond acceptors (Lipinski definition) is 3. The highest BCUT2D eigenvalue weighted by molar-refractivity contribution is 7.89. The second kappa shape index (κ2) is 10.1. The molecular formula is C31H39NO3SSi. The summed E-state index contributed by atoms with van der Waals surface area (Å²) in [5, 5.41) is 2.41. The summed E-state index contributed by atoms with van der Waals surface area (Å²) in [6.07, 6.45) is 3.70. The van der Waals surface area contributed by atoms with Crippen molar-refractivity contribution in [2.24, 2.45) is 5.92 Å². The van der Waals surface area contributed by atoms with Gasteiger partial charge in [-0.25, -0.2) is 8.42 Å². The number of sulfonamides is 1. The Hall–Kier alpha value is -2.25. The predicted octanol–water partition coefficient (Wildman–Crippen LogP) is 5.50. The van der Waals surface area contributed by atoms with E-state index in [2.05, 4.69) is 81.4 Å². The summed E-state index contributed by atoms with van der Waals surface area (Å²) in [4.78, 5) is 0.406. The van der Waals surface area contributed by atoms with Crippen molar-refractivity contribution in [1.29, 1.82) is 0 Å². The van der Waals surface area contributed by atoms with E-state index < -0.39 is 18.3 Å². The van der Waals surface area contributed by atoms with Crippen molar-refractivity contribution in [2.45, 2.75) is 75.4 Å². The lowest BCUT2D eigenvalue weighted by atomic mass is 10.0. The molecule has 0 spiro atoms. The molecule has 3 atom stereocenters. The second-order valence-corrected chi connectivity index (χ2v) is 17.9. The lowest BCUT2D eigenvalue weighted by Crippen LogP contribution is -2.66. The summed E-state index contributed by atoms with van der Waals surface area (Å²) >= 11 is 0. The van der Waals surface area contributed by atoms with Crippen molar-refractivity contribution < 1.29 is 12.8 Å². The molecule has 1 saturated carbocycles. The number of hydrogen-bond donors (Lipinski definition) is 0. The monoisotopic (exact) mass is 533 g/mol. The molecule has 1 aliphatic carbocycles. The van der Waals surface area contributed by atoms with E-state index in [1.165, 1.54) is 10.4 Å². The van der Waals surface area contributed by atoms with E-state index in [4.69, 9.17) is 4.43 Å². The third-order valence-electron chi connectivity index (χ3n) is 8.23. The molecule has 2 fully saturated rings. The highest BCUT2D eigenvalue weighted by atomic mass is 32.2. The van der Waals surface area contributed by atoms with Gasteiger partial charge in [-0.3, -0.25) is 0 Å². The third-order valence-corrected chi connectivity index (χ3v) is 15.3. The van der Waals surface area contributed by atoms with Crippen LogP contribution in [0.25, 0.3) is 0 Å². The van der Waals surface area contributed by atoms with E-state index in [-0.39, 0.29) is 17.1 Å². The van der Waals surface area contributed by atoms with Crippen LogP contribution in [0, 0.1) is 12.8 Å². The molecule has 3 aromatic rings. The first-order valence-corrected chi connectivity index (χ1v) is 16.8. The van der Waals surface area contributed by atoms with Crippen LogP contribution in [0.3, 0.4) is 0 Å². The molecule has 0 amide bonds. The molecule has 0 N–H and O–H groups in total. The number of aryl methyl sites for hydroxylation is 1. The molecule has 4 nitrogen and oxygen atoms in total. The molecular weight excluding hydrogens is 494 g/mol. The predicted molar refractivity (Wildman–Crippen MR) is 153 cm³/mol. The van der Waals surface area contributed by atoms with Crippen molar-refractivity contribution in [1.82, 2.24) is 4.31 Å². The Morgan fingerprint density at radius 3 is 1.97 bits per heavy atom. The van der Waals surface area contributed by atoms with E-state index in [1.807, 2.05) is 23.4 Å². The van der Waals surface area contributed by atoms with Crippen LogP contribution < -0.4 is 10.4 Å². The first-order chi connectivity index (χ1) is 17.6. The average molecular weight is 534 g/mol. The minimum atomic E-state index is -3.54. The van der Waals surface area contributed by atoms with E-state index >= 15 is 0 Å². The Labute approximate surface area is 223 Å². The van der Waals surface area contributed by atoms with E-state index in [9.17, 15) is 8.42 Å². The Balaban J connectivity index is 1.44. The number of piperidine rings is 1. The summed E-state index contributed by atoms with van der Waals surface area (Å²) in [7, 11) is -6.19. The van der Waals surface area contributed by atoms with Crippen molar-refractivity contribution >= 4 is 28.7 Å². The van der Waals surface area contributed by atoms with Crippen molar-refractivity contribution in [3.8, 4) is 0 Å². The topological polar surface area (TPSA) is 46.6 Å². The van der Waals surface area contributed by atoms with E-state index in [0.29, 0.717) is 23.8 Å². The molecule has 0 unspecified atom stereocenters. The molecule has 5 rings (SSSR count). The van der Waals surface area contributed by atoms with Crippen LogP contribution >= 0.6 is 0 Å². The van der Waals surface area contributed by atoms with Gasteiger partial charge in [-0.15, -0.1) is 0 Å². The van der Waals surface area contributed by atoms with Gasteiger partial charge in [0.2, 0.25) is 10.0 Å². The van der Waals surface area contributed by atoms with Crippen LogP contribution in [0.1, 0.15) is 52.0 Å².